The zero-order chi connectivity index (χ0) is 20.1. The predicted octanol–water partition coefficient (Wildman–Crippen LogP) is 4.57. The molecule has 2 aromatic carbocycles. The van der Waals surface area contributed by atoms with Gasteiger partial charge in [-0.3, -0.25) is 4.79 Å². The van der Waals surface area contributed by atoms with Gasteiger partial charge in [0, 0.05) is 41.5 Å². The third-order valence-electron chi connectivity index (χ3n) is 4.51. The van der Waals surface area contributed by atoms with Crippen LogP contribution in [0.3, 0.4) is 0 Å². The minimum atomic E-state index is -0.427. The molecule has 0 aliphatic carbocycles. The lowest BCUT2D eigenvalue weighted by Crippen LogP contribution is -2.31. The number of amides is 1. The maximum Gasteiger partial charge on any atom is 0.221 e. The van der Waals surface area contributed by atoms with Gasteiger partial charge in [0.15, 0.2) is 0 Å². The van der Waals surface area contributed by atoms with Crippen LogP contribution in [0.5, 0.6) is 5.75 Å². The van der Waals surface area contributed by atoms with Gasteiger partial charge in [0.05, 0.1) is 7.11 Å². The van der Waals surface area contributed by atoms with Crippen molar-refractivity contribution < 1.29 is 9.53 Å². The number of hydrogen-bond donors (Lipinski definition) is 1. The lowest BCUT2D eigenvalue weighted by molar-refractivity contribution is -0.121. The summed E-state index contributed by atoms with van der Waals surface area (Å²) < 4.78 is 7.37. The summed E-state index contributed by atoms with van der Waals surface area (Å²) in [4.78, 5) is 17.1. The number of carbonyl (C=O) groups excluding carboxylic acids is 1. The number of aryl methyl sites for hydroxylation is 2. The van der Waals surface area contributed by atoms with E-state index in [0.29, 0.717) is 22.2 Å². The van der Waals surface area contributed by atoms with E-state index in [-0.39, 0.29) is 12.3 Å². The molecule has 28 heavy (non-hydrogen) atoms. The number of ether oxygens (including phenoxy) is 1. The Labute approximate surface area is 174 Å². The highest BCUT2D eigenvalue weighted by Crippen LogP contribution is 2.29. The molecule has 1 N–H and O–H groups in total. The first-order valence-electron chi connectivity index (χ1n) is 8.83. The second-order valence-electron chi connectivity index (χ2n) is 6.37. The van der Waals surface area contributed by atoms with Gasteiger partial charge in [0.2, 0.25) is 5.91 Å². The standard InChI is InChI=1S/C21H21Cl2N3O2/c1-26-12-11-24-21(26)20(16-5-3-4-6-18(16)28-2)25-19(27)10-8-14-7-9-15(22)13-17(14)23/h3-7,9,11-13,20H,8,10H2,1-2H3,(H,25,27). The highest BCUT2D eigenvalue weighted by Gasteiger charge is 2.23. The molecule has 1 heterocycles. The van der Waals surface area contributed by atoms with Crippen LogP contribution in [0.2, 0.25) is 10.0 Å². The Morgan fingerprint density at radius 3 is 2.71 bits per heavy atom. The Morgan fingerprint density at radius 2 is 2.04 bits per heavy atom. The summed E-state index contributed by atoms with van der Waals surface area (Å²) in [5, 5.41) is 4.22. The van der Waals surface area contributed by atoms with Crippen LogP contribution in [0.4, 0.5) is 0 Å². The minimum Gasteiger partial charge on any atom is -0.496 e. The smallest absolute Gasteiger partial charge is 0.221 e. The molecule has 1 atom stereocenters. The van der Waals surface area contributed by atoms with E-state index in [9.17, 15) is 4.79 Å². The fraction of sp³-hybridized carbons (Fsp3) is 0.238. The lowest BCUT2D eigenvalue weighted by atomic mass is 10.0. The number of rotatable bonds is 7. The van der Waals surface area contributed by atoms with Crippen molar-refractivity contribution >= 4 is 29.1 Å². The van der Waals surface area contributed by atoms with E-state index in [1.54, 1.807) is 25.4 Å². The van der Waals surface area contributed by atoms with Crippen LogP contribution >= 0.6 is 23.2 Å². The van der Waals surface area contributed by atoms with Crippen molar-refractivity contribution in [2.75, 3.05) is 7.11 Å². The van der Waals surface area contributed by atoms with Gasteiger partial charge in [-0.25, -0.2) is 4.98 Å². The fourth-order valence-electron chi connectivity index (χ4n) is 3.05. The largest absolute Gasteiger partial charge is 0.496 e. The number of nitrogens with one attached hydrogen (secondary N) is 1. The number of methoxy groups -OCH3 is 1. The Hall–Kier alpha value is -2.50. The Morgan fingerprint density at radius 1 is 1.25 bits per heavy atom. The number of para-hydroxylation sites is 1. The van der Waals surface area contributed by atoms with Gasteiger partial charge < -0.3 is 14.6 Å². The van der Waals surface area contributed by atoms with Gasteiger partial charge in [-0.15, -0.1) is 0 Å². The maximum atomic E-state index is 12.7. The first-order valence-corrected chi connectivity index (χ1v) is 9.58. The molecule has 5 nitrogen and oxygen atoms in total. The quantitative estimate of drug-likeness (QED) is 0.612. The zero-order valence-electron chi connectivity index (χ0n) is 15.7. The molecule has 0 bridgehead atoms. The van der Waals surface area contributed by atoms with E-state index < -0.39 is 6.04 Å². The summed E-state index contributed by atoms with van der Waals surface area (Å²) in [5.74, 6) is 1.31. The molecule has 3 rings (SSSR count). The molecular formula is C21H21Cl2N3O2. The van der Waals surface area contributed by atoms with Crippen molar-refractivity contribution in [1.29, 1.82) is 0 Å². The van der Waals surface area contributed by atoms with Gasteiger partial charge in [-0.05, 0) is 30.2 Å². The van der Waals surface area contributed by atoms with Crippen molar-refractivity contribution in [3.63, 3.8) is 0 Å². The summed E-state index contributed by atoms with van der Waals surface area (Å²) in [7, 11) is 3.50. The molecule has 146 valence electrons. The van der Waals surface area contributed by atoms with E-state index >= 15 is 0 Å². The van der Waals surface area contributed by atoms with Crippen molar-refractivity contribution in [3.8, 4) is 5.75 Å². The number of carbonyl (C=O) groups is 1. The van der Waals surface area contributed by atoms with Crippen LogP contribution in [-0.2, 0) is 18.3 Å². The van der Waals surface area contributed by atoms with Crippen molar-refractivity contribution in [2.45, 2.75) is 18.9 Å². The number of halogens is 2. The average Bonchev–Trinajstić information content (AvgIpc) is 3.11. The molecule has 0 saturated carbocycles. The molecule has 1 aromatic heterocycles. The van der Waals surface area contributed by atoms with Crippen LogP contribution in [0.1, 0.15) is 29.4 Å². The van der Waals surface area contributed by atoms with E-state index in [0.717, 1.165) is 17.0 Å². The number of benzene rings is 2. The first kappa shape index (κ1) is 20.2. The van der Waals surface area contributed by atoms with Gasteiger partial charge >= 0.3 is 0 Å². The number of nitrogens with zero attached hydrogens (tertiary/aromatic N) is 2. The van der Waals surface area contributed by atoms with Crippen molar-refractivity contribution in [1.82, 2.24) is 14.9 Å². The Bertz CT molecular complexity index is 972. The predicted molar refractivity (Wildman–Crippen MR) is 111 cm³/mol. The van der Waals surface area contributed by atoms with Gasteiger partial charge in [-0.1, -0.05) is 47.5 Å². The molecule has 0 radical (unpaired) electrons. The molecule has 1 amide bonds. The summed E-state index contributed by atoms with van der Waals surface area (Å²) >= 11 is 12.1. The normalized spacial score (nSPS) is 11.9. The Balaban J connectivity index is 1.80. The number of imidazole rings is 1. The summed E-state index contributed by atoms with van der Waals surface area (Å²) in [6, 6.07) is 12.5. The second kappa shape index (κ2) is 9.13. The van der Waals surface area contributed by atoms with Crippen LogP contribution in [0.25, 0.3) is 0 Å². The number of hydrogen-bond acceptors (Lipinski definition) is 3. The van der Waals surface area contributed by atoms with E-state index in [1.165, 1.54) is 0 Å². The maximum absolute atomic E-state index is 12.7. The highest BCUT2D eigenvalue weighted by atomic mass is 35.5. The summed E-state index contributed by atoms with van der Waals surface area (Å²) in [6.45, 7) is 0. The zero-order valence-corrected chi connectivity index (χ0v) is 17.2. The van der Waals surface area contributed by atoms with E-state index in [2.05, 4.69) is 10.3 Å². The van der Waals surface area contributed by atoms with E-state index in [4.69, 9.17) is 27.9 Å². The average molecular weight is 418 g/mol. The lowest BCUT2D eigenvalue weighted by Gasteiger charge is -2.21. The molecule has 0 aliphatic rings. The molecule has 0 aliphatic heterocycles. The highest BCUT2D eigenvalue weighted by molar-refractivity contribution is 6.35. The van der Waals surface area contributed by atoms with Crippen LogP contribution in [-0.4, -0.2) is 22.6 Å². The molecule has 7 heteroatoms. The Kier molecular flexibility index (Phi) is 6.60. The second-order valence-corrected chi connectivity index (χ2v) is 7.22. The number of aromatic nitrogens is 2. The van der Waals surface area contributed by atoms with Crippen LogP contribution in [0, 0.1) is 0 Å². The first-order chi connectivity index (χ1) is 13.5. The topological polar surface area (TPSA) is 56.1 Å². The van der Waals surface area contributed by atoms with Crippen LogP contribution < -0.4 is 10.1 Å². The minimum absolute atomic E-state index is 0.107. The molecular weight excluding hydrogens is 397 g/mol. The molecule has 0 fully saturated rings. The SMILES string of the molecule is COc1ccccc1C(NC(=O)CCc1ccc(Cl)cc1Cl)c1nccn1C. The molecule has 0 spiro atoms. The van der Waals surface area contributed by atoms with Crippen molar-refractivity contribution in [2.24, 2.45) is 7.05 Å². The van der Waals surface area contributed by atoms with Crippen LogP contribution in [0.15, 0.2) is 54.9 Å². The monoisotopic (exact) mass is 417 g/mol. The third-order valence-corrected chi connectivity index (χ3v) is 5.10. The summed E-state index contributed by atoms with van der Waals surface area (Å²) in [6.07, 6.45) is 4.35. The fourth-order valence-corrected chi connectivity index (χ4v) is 3.55. The van der Waals surface area contributed by atoms with Gasteiger partial charge in [0.25, 0.3) is 0 Å². The van der Waals surface area contributed by atoms with Gasteiger partial charge in [-0.2, -0.15) is 0 Å². The van der Waals surface area contributed by atoms with E-state index in [1.807, 2.05) is 48.1 Å². The van der Waals surface area contributed by atoms with Crippen molar-refractivity contribution in [3.05, 3.63) is 81.9 Å². The summed E-state index contributed by atoms with van der Waals surface area (Å²) in [5.41, 5.74) is 1.73. The molecule has 0 saturated heterocycles. The molecule has 1 unspecified atom stereocenters. The van der Waals surface area contributed by atoms with Gasteiger partial charge in [0.1, 0.15) is 17.6 Å². The third kappa shape index (κ3) is 4.66. The molecule has 3 aromatic rings.